The summed E-state index contributed by atoms with van der Waals surface area (Å²) in [4.78, 5) is 17.9. The lowest BCUT2D eigenvalue weighted by atomic mass is 10.2. The molecule has 0 N–H and O–H groups in total. The average molecular weight is 478 g/mol. The first-order chi connectivity index (χ1) is 16.1. The molecule has 0 atom stereocenters. The molecule has 0 radical (unpaired) electrons. The predicted octanol–water partition coefficient (Wildman–Crippen LogP) is 5.46. The number of nitrogens with zero attached hydrogens (tertiary/aromatic N) is 3. The molecular formula is C25H20ClN3O3S. The molecule has 3 aromatic heterocycles. The van der Waals surface area contributed by atoms with E-state index in [0.29, 0.717) is 38.5 Å². The molecule has 5 rings (SSSR count). The van der Waals surface area contributed by atoms with E-state index in [1.165, 1.54) is 15.9 Å². The van der Waals surface area contributed by atoms with Crippen molar-refractivity contribution in [3.8, 4) is 28.5 Å². The van der Waals surface area contributed by atoms with E-state index in [-0.39, 0.29) is 5.56 Å². The Labute approximate surface area is 198 Å². The van der Waals surface area contributed by atoms with Gasteiger partial charge in [0.25, 0.3) is 5.56 Å². The Morgan fingerprint density at radius 1 is 1.12 bits per heavy atom. The summed E-state index contributed by atoms with van der Waals surface area (Å²) in [6, 6.07) is 18.7. The van der Waals surface area contributed by atoms with Crippen molar-refractivity contribution in [1.29, 1.82) is 0 Å². The van der Waals surface area contributed by atoms with Gasteiger partial charge in [0.15, 0.2) is 5.82 Å². The fourth-order valence-corrected chi connectivity index (χ4v) is 4.47. The molecule has 3 heterocycles. The van der Waals surface area contributed by atoms with Crippen molar-refractivity contribution in [2.24, 2.45) is 0 Å². The van der Waals surface area contributed by atoms with E-state index in [0.717, 1.165) is 29.7 Å². The number of benzene rings is 2. The number of aromatic nitrogens is 3. The maximum absolute atomic E-state index is 12.9. The molecular weight excluding hydrogens is 458 g/mol. The molecule has 0 aliphatic heterocycles. The third-order valence-electron chi connectivity index (χ3n) is 5.10. The smallest absolute Gasteiger partial charge is 0.291 e. The van der Waals surface area contributed by atoms with Crippen LogP contribution >= 0.6 is 22.9 Å². The maximum Gasteiger partial charge on any atom is 0.291 e. The van der Waals surface area contributed by atoms with Crippen LogP contribution in [0, 0.1) is 0 Å². The molecule has 8 heteroatoms. The Hall–Kier alpha value is -3.42. The van der Waals surface area contributed by atoms with Crippen molar-refractivity contribution in [3.05, 3.63) is 86.3 Å². The topological polar surface area (TPSA) is 69.6 Å². The molecule has 0 amide bonds. The van der Waals surface area contributed by atoms with E-state index in [1.807, 2.05) is 60.7 Å². The molecule has 0 spiro atoms. The number of thiazole rings is 1. The van der Waals surface area contributed by atoms with E-state index in [2.05, 4.69) is 17.0 Å². The van der Waals surface area contributed by atoms with Crippen LogP contribution in [-0.2, 0) is 0 Å². The number of hydrogen-bond donors (Lipinski definition) is 0. The Morgan fingerprint density at radius 2 is 1.94 bits per heavy atom. The van der Waals surface area contributed by atoms with Gasteiger partial charge in [-0.25, -0.2) is 0 Å². The molecule has 0 fully saturated rings. The minimum absolute atomic E-state index is 0.232. The van der Waals surface area contributed by atoms with Gasteiger partial charge in [-0.2, -0.15) is 9.50 Å². The van der Waals surface area contributed by atoms with Crippen LogP contribution in [0.25, 0.3) is 33.7 Å². The van der Waals surface area contributed by atoms with Gasteiger partial charge in [0, 0.05) is 17.2 Å². The van der Waals surface area contributed by atoms with Crippen LogP contribution in [0.3, 0.4) is 0 Å². The summed E-state index contributed by atoms with van der Waals surface area (Å²) < 4.78 is 13.4. The highest BCUT2D eigenvalue weighted by Crippen LogP contribution is 2.29. The number of hydrogen-bond acceptors (Lipinski definition) is 6. The summed E-state index contributed by atoms with van der Waals surface area (Å²) in [5, 5.41) is 5.02. The second kappa shape index (κ2) is 9.21. The molecule has 0 aliphatic carbocycles. The standard InChI is InChI=1S/C25H20ClN3O3S/c1-2-3-14-31-17-10-8-16(9-11-17)23-27-25-29(28-23)24(30)22(33-25)15-18-12-13-21(32-18)19-6-4-5-7-20(19)26/h4-13,15H,2-3,14H2,1H3/b22-15-. The van der Waals surface area contributed by atoms with E-state index in [4.69, 9.17) is 20.8 Å². The zero-order chi connectivity index (χ0) is 22.8. The number of ether oxygens (including phenoxy) is 1. The number of furan rings is 1. The van der Waals surface area contributed by atoms with Gasteiger partial charge in [-0.3, -0.25) is 4.79 Å². The van der Waals surface area contributed by atoms with E-state index >= 15 is 0 Å². The van der Waals surface area contributed by atoms with Gasteiger partial charge in [0.2, 0.25) is 4.96 Å². The average Bonchev–Trinajstić information content (AvgIpc) is 3.52. The van der Waals surface area contributed by atoms with Gasteiger partial charge < -0.3 is 9.15 Å². The lowest BCUT2D eigenvalue weighted by Crippen LogP contribution is -2.23. The largest absolute Gasteiger partial charge is 0.494 e. The highest BCUT2D eigenvalue weighted by molar-refractivity contribution is 7.15. The van der Waals surface area contributed by atoms with Crippen LogP contribution in [0.2, 0.25) is 5.02 Å². The predicted molar refractivity (Wildman–Crippen MR) is 131 cm³/mol. The second-order valence-corrected chi connectivity index (χ2v) is 8.87. The molecule has 0 unspecified atom stereocenters. The van der Waals surface area contributed by atoms with Crippen molar-refractivity contribution in [2.75, 3.05) is 6.61 Å². The summed E-state index contributed by atoms with van der Waals surface area (Å²) >= 11 is 7.52. The van der Waals surface area contributed by atoms with Crippen molar-refractivity contribution >= 4 is 34.0 Å². The van der Waals surface area contributed by atoms with Crippen LogP contribution in [-0.4, -0.2) is 21.2 Å². The van der Waals surface area contributed by atoms with Gasteiger partial charge in [0.05, 0.1) is 11.6 Å². The number of unbranched alkanes of at least 4 members (excludes halogenated alkanes) is 1. The van der Waals surface area contributed by atoms with Gasteiger partial charge in [-0.05, 0) is 55.0 Å². The zero-order valence-electron chi connectivity index (χ0n) is 17.8. The van der Waals surface area contributed by atoms with Crippen molar-refractivity contribution < 1.29 is 9.15 Å². The van der Waals surface area contributed by atoms with Crippen LogP contribution < -0.4 is 14.8 Å². The van der Waals surface area contributed by atoms with Crippen molar-refractivity contribution in [3.63, 3.8) is 0 Å². The minimum atomic E-state index is -0.232. The SMILES string of the molecule is CCCCOc1ccc(-c2nc3s/c(=C\c4ccc(-c5ccccc5Cl)o4)c(=O)n3n2)cc1. The van der Waals surface area contributed by atoms with Gasteiger partial charge in [-0.1, -0.05) is 48.4 Å². The zero-order valence-corrected chi connectivity index (χ0v) is 19.4. The van der Waals surface area contributed by atoms with Crippen LogP contribution in [0.4, 0.5) is 0 Å². The highest BCUT2D eigenvalue weighted by Gasteiger charge is 2.13. The van der Waals surface area contributed by atoms with Crippen LogP contribution in [0.5, 0.6) is 5.75 Å². The Balaban J connectivity index is 1.40. The lowest BCUT2D eigenvalue weighted by molar-refractivity contribution is 0.309. The number of fused-ring (bicyclic) bond motifs is 1. The highest BCUT2D eigenvalue weighted by atomic mass is 35.5. The fourth-order valence-electron chi connectivity index (χ4n) is 3.36. The first-order valence-corrected chi connectivity index (χ1v) is 11.8. The molecule has 0 saturated heterocycles. The third-order valence-corrected chi connectivity index (χ3v) is 6.39. The monoisotopic (exact) mass is 477 g/mol. The van der Waals surface area contributed by atoms with Gasteiger partial charge in [-0.15, -0.1) is 5.10 Å². The van der Waals surface area contributed by atoms with Crippen molar-refractivity contribution in [2.45, 2.75) is 19.8 Å². The second-order valence-electron chi connectivity index (χ2n) is 7.45. The molecule has 166 valence electrons. The van der Waals surface area contributed by atoms with Crippen molar-refractivity contribution in [1.82, 2.24) is 14.6 Å². The molecule has 0 aliphatic rings. The summed E-state index contributed by atoms with van der Waals surface area (Å²) in [6.07, 6.45) is 3.81. The van der Waals surface area contributed by atoms with Gasteiger partial charge >= 0.3 is 0 Å². The number of rotatable bonds is 7. The summed E-state index contributed by atoms with van der Waals surface area (Å²) in [7, 11) is 0. The molecule has 6 nitrogen and oxygen atoms in total. The van der Waals surface area contributed by atoms with Crippen LogP contribution in [0.15, 0.2) is 69.9 Å². The fraction of sp³-hybridized carbons (Fsp3) is 0.160. The van der Waals surface area contributed by atoms with E-state index in [1.54, 1.807) is 6.08 Å². The maximum atomic E-state index is 12.9. The summed E-state index contributed by atoms with van der Waals surface area (Å²) in [6.45, 7) is 2.82. The quantitative estimate of drug-likeness (QED) is 0.291. The molecule has 2 aromatic carbocycles. The van der Waals surface area contributed by atoms with Gasteiger partial charge in [0.1, 0.15) is 21.8 Å². The first kappa shape index (κ1) is 21.4. The Morgan fingerprint density at radius 3 is 2.70 bits per heavy atom. The Bertz CT molecular complexity index is 1520. The molecule has 0 bridgehead atoms. The van der Waals surface area contributed by atoms with E-state index < -0.39 is 0 Å². The summed E-state index contributed by atoms with van der Waals surface area (Å²) in [5.74, 6) is 2.52. The van der Waals surface area contributed by atoms with E-state index in [9.17, 15) is 4.79 Å². The molecule has 0 saturated carbocycles. The number of halogens is 1. The Kier molecular flexibility index (Phi) is 5.98. The lowest BCUT2D eigenvalue weighted by Gasteiger charge is -2.05. The first-order valence-electron chi connectivity index (χ1n) is 10.6. The minimum Gasteiger partial charge on any atom is -0.494 e. The third kappa shape index (κ3) is 4.42. The van der Waals surface area contributed by atoms with Crippen LogP contribution in [0.1, 0.15) is 25.5 Å². The molecule has 5 aromatic rings. The molecule has 33 heavy (non-hydrogen) atoms. The summed E-state index contributed by atoms with van der Waals surface area (Å²) in [5.41, 5.74) is 1.40. The normalized spacial score (nSPS) is 12.0.